The van der Waals surface area contributed by atoms with Gasteiger partial charge in [0.25, 0.3) is 5.69 Å². The van der Waals surface area contributed by atoms with Crippen molar-refractivity contribution in [2.75, 3.05) is 0 Å². The highest BCUT2D eigenvalue weighted by atomic mass is 16.6. The van der Waals surface area contributed by atoms with Crippen LogP contribution in [-0.2, 0) is 6.54 Å². The van der Waals surface area contributed by atoms with Crippen molar-refractivity contribution < 1.29 is 14.3 Å². The Balaban J connectivity index is 1.73. The zero-order valence-electron chi connectivity index (χ0n) is 15.4. The number of nitrogens with zero attached hydrogens (tertiary/aromatic N) is 3. The number of benzene rings is 1. The smallest absolute Gasteiger partial charge is 0.314 e. The van der Waals surface area contributed by atoms with Crippen molar-refractivity contribution in [3.05, 3.63) is 97.1 Å². The van der Waals surface area contributed by atoms with Crippen molar-refractivity contribution in [1.29, 1.82) is 0 Å². The fourth-order valence-corrected chi connectivity index (χ4v) is 3.12. The van der Waals surface area contributed by atoms with E-state index in [2.05, 4.69) is 9.97 Å². The number of nitro groups is 1. The summed E-state index contributed by atoms with van der Waals surface area (Å²) in [4.78, 5) is 50.0. The maximum atomic E-state index is 11.6. The van der Waals surface area contributed by atoms with Crippen molar-refractivity contribution in [2.24, 2.45) is 5.73 Å². The zero-order valence-corrected chi connectivity index (χ0v) is 15.4. The topological polar surface area (TPSA) is 161 Å². The fraction of sp³-hybridized carbons (Fsp3) is 0.0526. The normalized spacial score (nSPS) is 10.9. The van der Waals surface area contributed by atoms with Gasteiger partial charge in [0.05, 0.1) is 21.5 Å². The molecule has 11 nitrogen and oxygen atoms in total. The standard InChI is InChI=1S/C19H14N6O5/c20-17(26)12-2-4-23(5-3-12)9-11-1-6-24(10-11)15-7-13-14(8-16(15)25(29)30)22-19(28)18(27)21-13/h1-8,10,26H,9,20H2/p+1. The molecule has 30 heavy (non-hydrogen) atoms. The summed E-state index contributed by atoms with van der Waals surface area (Å²) in [7, 11) is 0. The van der Waals surface area contributed by atoms with E-state index >= 15 is 0 Å². The van der Waals surface area contributed by atoms with Crippen LogP contribution in [-0.4, -0.2) is 25.4 Å². The molecule has 150 valence electrons. The molecule has 0 atom stereocenters. The van der Waals surface area contributed by atoms with E-state index in [4.69, 9.17) is 5.73 Å². The Bertz CT molecular complexity index is 1410. The summed E-state index contributed by atoms with van der Waals surface area (Å²) in [6.07, 6.45) is 6.78. The summed E-state index contributed by atoms with van der Waals surface area (Å²) in [5.74, 6) is -0.517. The Kier molecular flexibility index (Phi) is 4.47. The van der Waals surface area contributed by atoms with Crippen LogP contribution in [0.2, 0.25) is 0 Å². The minimum absolute atomic E-state index is 0.160. The lowest BCUT2D eigenvalue weighted by Crippen LogP contribution is -2.33. The number of nitrogens with two attached hydrogens (primary N) is 1. The van der Waals surface area contributed by atoms with Gasteiger partial charge in [0.1, 0.15) is 5.69 Å². The van der Waals surface area contributed by atoms with Crippen LogP contribution in [0.5, 0.6) is 0 Å². The minimum atomic E-state index is -0.882. The average Bonchev–Trinajstić information content (AvgIpc) is 3.16. The van der Waals surface area contributed by atoms with Crippen molar-refractivity contribution >= 4 is 22.6 Å². The second-order valence-electron chi connectivity index (χ2n) is 6.60. The van der Waals surface area contributed by atoms with Gasteiger partial charge in [0.2, 0.25) is 5.91 Å². The summed E-state index contributed by atoms with van der Waals surface area (Å²) in [6.45, 7) is 0.456. The van der Waals surface area contributed by atoms with E-state index in [0.29, 0.717) is 12.1 Å². The van der Waals surface area contributed by atoms with E-state index in [1.165, 1.54) is 12.1 Å². The number of pyridine rings is 1. The van der Waals surface area contributed by atoms with Crippen LogP contribution in [0.4, 0.5) is 5.69 Å². The summed E-state index contributed by atoms with van der Waals surface area (Å²) >= 11 is 0. The molecule has 0 radical (unpaired) electrons. The van der Waals surface area contributed by atoms with Crippen LogP contribution >= 0.6 is 0 Å². The number of carbonyl (C=O) groups is 1. The van der Waals surface area contributed by atoms with Crippen molar-refractivity contribution in [3.63, 3.8) is 0 Å². The number of nitro benzene ring substituents is 1. The molecule has 0 aliphatic heterocycles. The molecule has 11 heteroatoms. The maximum absolute atomic E-state index is 11.6. The van der Waals surface area contributed by atoms with Crippen LogP contribution in [0.3, 0.4) is 0 Å². The maximum Gasteiger partial charge on any atom is 0.314 e. The number of carbonyl (C=O) groups excluding carboxylic acids is 1. The van der Waals surface area contributed by atoms with Gasteiger partial charge in [0, 0.05) is 36.2 Å². The number of primary amides is 1. The molecule has 1 amide bonds. The first kappa shape index (κ1) is 18.8. The Hall–Kier alpha value is -4.54. The van der Waals surface area contributed by atoms with Crippen molar-refractivity contribution in [1.82, 2.24) is 14.5 Å². The summed E-state index contributed by atoms with van der Waals surface area (Å²) in [5, 5.41) is 11.6. The molecule has 3 heterocycles. The zero-order chi connectivity index (χ0) is 21.4. The van der Waals surface area contributed by atoms with Crippen LogP contribution in [0, 0.1) is 10.1 Å². The third-order valence-corrected chi connectivity index (χ3v) is 4.59. The van der Waals surface area contributed by atoms with Gasteiger partial charge in [0.15, 0.2) is 18.9 Å². The molecule has 0 spiro atoms. The highest BCUT2D eigenvalue weighted by Crippen LogP contribution is 2.27. The predicted octanol–water partition coefficient (Wildman–Crippen LogP) is 0.350. The Labute approximate surface area is 167 Å². The van der Waals surface area contributed by atoms with E-state index in [0.717, 1.165) is 5.56 Å². The monoisotopic (exact) mass is 407 g/mol. The average molecular weight is 407 g/mol. The predicted molar refractivity (Wildman–Crippen MR) is 105 cm³/mol. The first-order chi connectivity index (χ1) is 14.3. The number of aromatic amines is 2. The molecule has 4 rings (SSSR count). The molecule has 0 aliphatic carbocycles. The number of nitrogens with one attached hydrogen (secondary N) is 2. The Morgan fingerprint density at radius 1 is 1.10 bits per heavy atom. The second-order valence-corrected chi connectivity index (χ2v) is 6.60. The molecule has 0 unspecified atom stereocenters. The van der Waals surface area contributed by atoms with Gasteiger partial charge in [-0.1, -0.05) is 0 Å². The van der Waals surface area contributed by atoms with Crippen LogP contribution < -0.4 is 21.4 Å². The lowest BCUT2D eigenvalue weighted by atomic mass is 10.2. The lowest BCUT2D eigenvalue weighted by Gasteiger charge is -2.06. The molecule has 0 bridgehead atoms. The number of amides is 1. The van der Waals surface area contributed by atoms with Gasteiger partial charge >= 0.3 is 11.1 Å². The molecular formula is C19H15N6O5+. The molecular weight excluding hydrogens is 392 g/mol. The van der Waals surface area contributed by atoms with Crippen LogP contribution in [0.15, 0.2) is 64.7 Å². The lowest BCUT2D eigenvalue weighted by molar-refractivity contribution is -0.688. The molecule has 0 saturated carbocycles. The summed E-state index contributed by atoms with van der Waals surface area (Å²) < 4.78 is 3.39. The molecule has 1 aromatic carbocycles. The molecule has 4 aromatic rings. The van der Waals surface area contributed by atoms with Gasteiger partial charge in [-0.25, -0.2) is 4.57 Å². The van der Waals surface area contributed by atoms with Crippen LogP contribution in [0.1, 0.15) is 15.9 Å². The van der Waals surface area contributed by atoms with E-state index in [1.54, 1.807) is 47.6 Å². The SMILES string of the molecule is NC(=O)c1cc[n+](Cc2ccn(-c3cc4[nH]c(=O)c(=O)[nH]c4cc3[N+](=O)[O-])c2)cc1. The number of H-pyrrole nitrogens is 2. The fourth-order valence-electron chi connectivity index (χ4n) is 3.12. The second kappa shape index (κ2) is 7.13. The van der Waals surface area contributed by atoms with E-state index in [9.17, 15) is 24.5 Å². The number of fused-ring (bicyclic) bond motifs is 1. The van der Waals surface area contributed by atoms with Gasteiger partial charge in [-0.15, -0.1) is 0 Å². The van der Waals surface area contributed by atoms with E-state index in [1.807, 2.05) is 4.57 Å². The van der Waals surface area contributed by atoms with Gasteiger partial charge < -0.3 is 20.3 Å². The van der Waals surface area contributed by atoms with Crippen molar-refractivity contribution in [3.8, 4) is 5.69 Å². The third-order valence-electron chi connectivity index (χ3n) is 4.59. The van der Waals surface area contributed by atoms with Crippen LogP contribution in [0.25, 0.3) is 16.7 Å². The van der Waals surface area contributed by atoms with Gasteiger partial charge in [-0.3, -0.25) is 24.5 Å². The van der Waals surface area contributed by atoms with Crippen molar-refractivity contribution in [2.45, 2.75) is 6.54 Å². The highest BCUT2D eigenvalue weighted by molar-refractivity contribution is 5.92. The number of rotatable bonds is 5. The number of aromatic nitrogens is 4. The summed E-state index contributed by atoms with van der Waals surface area (Å²) in [6, 6.07) is 7.64. The number of hydrogen-bond donors (Lipinski definition) is 3. The quantitative estimate of drug-likeness (QED) is 0.188. The molecule has 0 aliphatic rings. The minimum Gasteiger partial charge on any atom is -0.366 e. The van der Waals surface area contributed by atoms with E-state index in [-0.39, 0.29) is 22.4 Å². The first-order valence-corrected chi connectivity index (χ1v) is 8.73. The summed E-state index contributed by atoms with van der Waals surface area (Å²) in [5.41, 5.74) is 5.17. The molecule has 0 saturated heterocycles. The Morgan fingerprint density at radius 2 is 1.73 bits per heavy atom. The van der Waals surface area contributed by atoms with Gasteiger partial charge in [-0.05, 0) is 12.1 Å². The molecule has 3 aromatic heterocycles. The Morgan fingerprint density at radius 3 is 2.33 bits per heavy atom. The molecule has 4 N–H and O–H groups in total. The number of hydrogen-bond acceptors (Lipinski definition) is 5. The largest absolute Gasteiger partial charge is 0.366 e. The highest BCUT2D eigenvalue weighted by Gasteiger charge is 2.19. The van der Waals surface area contributed by atoms with Gasteiger partial charge in [-0.2, -0.15) is 0 Å². The molecule has 0 fully saturated rings. The first-order valence-electron chi connectivity index (χ1n) is 8.73. The van der Waals surface area contributed by atoms with E-state index < -0.39 is 21.9 Å². The third kappa shape index (κ3) is 3.46.